The Balaban J connectivity index is 1.40. The van der Waals surface area contributed by atoms with Crippen LogP contribution in [0.1, 0.15) is 25.3 Å². The van der Waals surface area contributed by atoms with Crippen molar-refractivity contribution in [1.82, 2.24) is 4.90 Å². The zero-order chi connectivity index (χ0) is 21.3. The van der Waals surface area contributed by atoms with Crippen molar-refractivity contribution in [3.05, 3.63) is 54.1 Å². The third kappa shape index (κ3) is 3.92. The van der Waals surface area contributed by atoms with E-state index in [9.17, 15) is 13.2 Å². The molecule has 1 fully saturated rings. The van der Waals surface area contributed by atoms with Crippen LogP contribution in [0.3, 0.4) is 0 Å². The highest BCUT2D eigenvalue weighted by Crippen LogP contribution is 2.30. The number of rotatable bonds is 4. The second kappa shape index (κ2) is 8.10. The number of nitrogens with one attached hydrogen (secondary N) is 1. The van der Waals surface area contributed by atoms with E-state index in [0.717, 1.165) is 17.9 Å². The molecule has 4 rings (SSSR count). The van der Waals surface area contributed by atoms with Gasteiger partial charge >= 0.3 is 0 Å². The zero-order valence-corrected chi connectivity index (χ0v) is 18.0. The largest absolute Gasteiger partial charge is 0.375 e. The second-order valence-electron chi connectivity index (χ2n) is 7.70. The van der Waals surface area contributed by atoms with Crippen LogP contribution in [0.5, 0.6) is 0 Å². The summed E-state index contributed by atoms with van der Waals surface area (Å²) < 4.78 is 28.6. The monoisotopic (exact) mass is 426 g/mol. The van der Waals surface area contributed by atoms with Crippen molar-refractivity contribution < 1.29 is 13.2 Å². The van der Waals surface area contributed by atoms with E-state index in [4.69, 9.17) is 0 Å². The van der Waals surface area contributed by atoms with Crippen molar-refractivity contribution in [3.8, 4) is 0 Å². The smallest absolute Gasteiger partial charge is 0.285 e. The summed E-state index contributed by atoms with van der Waals surface area (Å²) in [5.41, 5.74) is 2.50. The number of fused-ring (bicyclic) bond motifs is 1. The lowest BCUT2D eigenvalue weighted by atomic mass is 9.95. The van der Waals surface area contributed by atoms with Crippen LogP contribution in [-0.2, 0) is 14.8 Å². The Hall–Kier alpha value is -2.87. The lowest BCUT2D eigenvalue weighted by Crippen LogP contribution is -2.41. The van der Waals surface area contributed by atoms with E-state index < -0.39 is 10.0 Å². The fourth-order valence-corrected chi connectivity index (χ4v) is 5.15. The summed E-state index contributed by atoms with van der Waals surface area (Å²) in [5.74, 6) is 0.398. The fraction of sp³-hybridized carbons (Fsp3) is 0.364. The molecule has 0 aliphatic carbocycles. The standard InChI is InChI=1S/C22H26N4O3S/c1-3-25(2)18-8-6-7-17(15-18)23-22(27)16-11-13-26(14-12-16)21-19-9-4-5-10-20(19)30(28,29)24-21/h4-10,15-16H,3,11-14H2,1-2H3,(H,23,27). The van der Waals surface area contributed by atoms with Crippen molar-refractivity contribution in [2.45, 2.75) is 24.7 Å². The van der Waals surface area contributed by atoms with Crippen molar-refractivity contribution in [1.29, 1.82) is 0 Å². The number of carbonyl (C=O) groups excluding carboxylic acids is 1. The van der Waals surface area contributed by atoms with E-state index >= 15 is 0 Å². The summed E-state index contributed by atoms with van der Waals surface area (Å²) in [6.45, 7) is 4.16. The number of likely N-dealkylation sites (tertiary alicyclic amines) is 1. The van der Waals surface area contributed by atoms with Crippen LogP contribution >= 0.6 is 0 Å². The summed E-state index contributed by atoms with van der Waals surface area (Å²) >= 11 is 0. The number of anilines is 2. The number of amidine groups is 1. The van der Waals surface area contributed by atoms with E-state index in [-0.39, 0.29) is 16.7 Å². The molecule has 2 aliphatic rings. The van der Waals surface area contributed by atoms with Crippen molar-refractivity contribution >= 4 is 33.1 Å². The highest BCUT2D eigenvalue weighted by Gasteiger charge is 2.34. The van der Waals surface area contributed by atoms with Gasteiger partial charge in [-0.25, -0.2) is 0 Å². The number of piperidine rings is 1. The van der Waals surface area contributed by atoms with E-state index in [1.54, 1.807) is 18.2 Å². The molecule has 0 bridgehead atoms. The van der Waals surface area contributed by atoms with Crippen LogP contribution in [0.4, 0.5) is 11.4 Å². The van der Waals surface area contributed by atoms with Gasteiger partial charge in [-0.3, -0.25) is 4.79 Å². The molecule has 1 amide bonds. The SMILES string of the molecule is CCN(C)c1cccc(NC(=O)C2CCN(C3=NS(=O)(=O)c4ccccc43)CC2)c1. The number of benzene rings is 2. The molecule has 7 nitrogen and oxygen atoms in total. The molecule has 2 heterocycles. The van der Waals surface area contributed by atoms with E-state index in [1.807, 2.05) is 42.3 Å². The third-order valence-corrected chi connectivity index (χ3v) is 7.13. The predicted molar refractivity (Wildman–Crippen MR) is 118 cm³/mol. The lowest BCUT2D eigenvalue weighted by Gasteiger charge is -2.32. The van der Waals surface area contributed by atoms with Crippen LogP contribution in [0.15, 0.2) is 57.8 Å². The van der Waals surface area contributed by atoms with Gasteiger partial charge in [-0.2, -0.15) is 8.42 Å². The van der Waals surface area contributed by atoms with Gasteiger partial charge in [0.25, 0.3) is 10.0 Å². The number of carbonyl (C=O) groups is 1. The van der Waals surface area contributed by atoms with Gasteiger partial charge in [-0.1, -0.05) is 18.2 Å². The average Bonchev–Trinajstić information content (AvgIpc) is 3.04. The van der Waals surface area contributed by atoms with Gasteiger partial charge in [-0.05, 0) is 50.1 Å². The minimum atomic E-state index is -3.63. The maximum Gasteiger partial charge on any atom is 0.285 e. The van der Waals surface area contributed by atoms with Gasteiger partial charge in [0.1, 0.15) is 4.90 Å². The van der Waals surface area contributed by atoms with E-state index in [2.05, 4.69) is 21.5 Å². The molecule has 0 aromatic heterocycles. The number of hydrogen-bond acceptors (Lipinski definition) is 5. The summed E-state index contributed by atoms with van der Waals surface area (Å²) in [4.78, 5) is 17.1. The Morgan fingerprint density at radius 2 is 1.90 bits per heavy atom. The molecule has 0 atom stereocenters. The molecule has 2 aromatic carbocycles. The van der Waals surface area contributed by atoms with Crippen LogP contribution in [-0.4, -0.2) is 51.7 Å². The molecular formula is C22H26N4O3S. The summed E-state index contributed by atoms with van der Waals surface area (Å²) in [6, 6.07) is 14.7. The summed E-state index contributed by atoms with van der Waals surface area (Å²) in [6.07, 6.45) is 1.31. The lowest BCUT2D eigenvalue weighted by molar-refractivity contribution is -0.120. The maximum atomic E-state index is 12.8. The van der Waals surface area contributed by atoms with Gasteiger partial charge in [0.05, 0.1) is 0 Å². The highest BCUT2D eigenvalue weighted by atomic mass is 32.2. The molecule has 1 saturated heterocycles. The molecule has 0 radical (unpaired) electrons. The Morgan fingerprint density at radius 1 is 1.17 bits per heavy atom. The van der Waals surface area contributed by atoms with E-state index in [1.165, 1.54) is 0 Å². The highest BCUT2D eigenvalue weighted by molar-refractivity contribution is 7.90. The molecule has 1 N–H and O–H groups in total. The first-order valence-corrected chi connectivity index (χ1v) is 11.6. The first kappa shape index (κ1) is 20.4. The molecule has 8 heteroatoms. The van der Waals surface area contributed by atoms with E-state index in [0.29, 0.717) is 37.3 Å². The third-order valence-electron chi connectivity index (χ3n) is 5.81. The van der Waals surface area contributed by atoms with Gasteiger partial charge < -0.3 is 15.1 Å². The average molecular weight is 427 g/mol. The van der Waals surface area contributed by atoms with Gasteiger partial charge in [0.2, 0.25) is 5.91 Å². The van der Waals surface area contributed by atoms with Crippen molar-refractivity contribution in [3.63, 3.8) is 0 Å². The summed E-state index contributed by atoms with van der Waals surface area (Å²) in [7, 11) is -1.61. The molecule has 0 spiro atoms. The molecule has 0 saturated carbocycles. The Kier molecular flexibility index (Phi) is 5.51. The van der Waals surface area contributed by atoms with Crippen molar-refractivity contribution in [2.24, 2.45) is 10.3 Å². The van der Waals surface area contributed by atoms with Crippen LogP contribution < -0.4 is 10.2 Å². The van der Waals surface area contributed by atoms with Crippen LogP contribution in [0.25, 0.3) is 0 Å². The molecular weight excluding hydrogens is 400 g/mol. The summed E-state index contributed by atoms with van der Waals surface area (Å²) in [5, 5.41) is 3.03. The minimum absolute atomic E-state index is 0.00679. The molecule has 0 unspecified atom stereocenters. The van der Waals surface area contributed by atoms with Gasteiger partial charge in [0, 0.05) is 49.5 Å². The minimum Gasteiger partial charge on any atom is -0.375 e. The molecule has 2 aliphatic heterocycles. The van der Waals surface area contributed by atoms with Crippen molar-refractivity contribution in [2.75, 3.05) is 36.9 Å². The van der Waals surface area contributed by atoms with Crippen LogP contribution in [0.2, 0.25) is 0 Å². The second-order valence-corrected chi connectivity index (χ2v) is 9.27. The van der Waals surface area contributed by atoms with Crippen LogP contribution in [0, 0.1) is 5.92 Å². The molecule has 158 valence electrons. The first-order chi connectivity index (χ1) is 14.4. The Morgan fingerprint density at radius 3 is 2.63 bits per heavy atom. The number of hydrogen-bond donors (Lipinski definition) is 1. The molecule has 30 heavy (non-hydrogen) atoms. The predicted octanol–water partition coefficient (Wildman–Crippen LogP) is 2.94. The maximum absolute atomic E-state index is 12.8. The Labute approximate surface area is 177 Å². The zero-order valence-electron chi connectivity index (χ0n) is 17.2. The van der Waals surface area contributed by atoms with Gasteiger partial charge in [-0.15, -0.1) is 4.40 Å². The quantitative estimate of drug-likeness (QED) is 0.813. The molecule has 2 aromatic rings. The normalized spacial score (nSPS) is 17.9. The number of sulfonamides is 1. The first-order valence-electron chi connectivity index (χ1n) is 10.2. The topological polar surface area (TPSA) is 82.1 Å². The van der Waals surface area contributed by atoms with Gasteiger partial charge in [0.15, 0.2) is 5.84 Å². The number of nitrogens with zero attached hydrogens (tertiary/aromatic N) is 3. The fourth-order valence-electron chi connectivity index (χ4n) is 3.92. The Bertz CT molecular complexity index is 1090. The number of amides is 1.